The van der Waals surface area contributed by atoms with Crippen LogP contribution in [0.5, 0.6) is 0 Å². The summed E-state index contributed by atoms with van der Waals surface area (Å²) in [7, 11) is 0. The smallest absolute Gasteiger partial charge is 0.0946 e. The van der Waals surface area contributed by atoms with Crippen LogP contribution in [0, 0.1) is 5.92 Å². The molecule has 0 amide bonds. The highest BCUT2D eigenvalue weighted by atomic mass is 32.2. The Morgan fingerprint density at radius 2 is 1.70 bits per heavy atom. The fraction of sp³-hybridized carbons (Fsp3) is 0.842. The zero-order chi connectivity index (χ0) is 16.4. The van der Waals surface area contributed by atoms with E-state index in [0.29, 0.717) is 4.08 Å². The monoisotopic (exact) mass is 354 g/mol. The molecule has 1 aliphatic rings. The zero-order valence-corrected chi connectivity index (χ0v) is 16.6. The number of imidazole rings is 1. The summed E-state index contributed by atoms with van der Waals surface area (Å²) in [6, 6.07) is 0. The van der Waals surface area contributed by atoms with Crippen molar-refractivity contribution in [3.05, 3.63) is 18.7 Å². The molecule has 0 spiro atoms. The van der Waals surface area contributed by atoms with Gasteiger partial charge in [0.15, 0.2) is 0 Å². The Kier molecular flexibility index (Phi) is 8.96. The molecule has 0 aliphatic carbocycles. The van der Waals surface area contributed by atoms with E-state index in [-0.39, 0.29) is 0 Å². The number of rotatable bonds is 11. The van der Waals surface area contributed by atoms with Crippen LogP contribution in [0.25, 0.3) is 0 Å². The summed E-state index contributed by atoms with van der Waals surface area (Å²) in [5.41, 5.74) is 0. The lowest BCUT2D eigenvalue weighted by atomic mass is 10.1. The highest BCUT2D eigenvalue weighted by Gasteiger charge is 2.35. The standard InChI is InChI=1S/C19H34N2S2/c1-3-4-5-6-7-8-9-10-11-19(16-21-13-12-20-17-21)22-14-18(2)15-23-19/h12-13,17-18H,3-11,14-16H2,1-2H3. The number of hydrogen-bond donors (Lipinski definition) is 0. The molecule has 1 fully saturated rings. The fourth-order valence-corrected chi connectivity index (χ4v) is 6.54. The Morgan fingerprint density at radius 3 is 2.30 bits per heavy atom. The van der Waals surface area contributed by atoms with E-state index >= 15 is 0 Å². The molecule has 1 aromatic heterocycles. The quantitative estimate of drug-likeness (QED) is 0.439. The van der Waals surface area contributed by atoms with Gasteiger partial charge in [0.1, 0.15) is 0 Å². The van der Waals surface area contributed by atoms with Crippen LogP contribution in [-0.2, 0) is 6.54 Å². The second-order valence-corrected chi connectivity index (χ2v) is 10.2. The van der Waals surface area contributed by atoms with Crippen molar-refractivity contribution in [2.75, 3.05) is 11.5 Å². The van der Waals surface area contributed by atoms with Gasteiger partial charge >= 0.3 is 0 Å². The summed E-state index contributed by atoms with van der Waals surface area (Å²) < 4.78 is 2.66. The number of aromatic nitrogens is 2. The van der Waals surface area contributed by atoms with Gasteiger partial charge in [0.2, 0.25) is 0 Å². The van der Waals surface area contributed by atoms with Crippen molar-refractivity contribution in [3.8, 4) is 0 Å². The van der Waals surface area contributed by atoms with Crippen molar-refractivity contribution >= 4 is 23.5 Å². The third kappa shape index (κ3) is 7.13. The molecule has 0 unspecified atom stereocenters. The number of nitrogens with zero attached hydrogens (tertiary/aromatic N) is 2. The van der Waals surface area contributed by atoms with Crippen LogP contribution in [0.1, 0.15) is 71.6 Å². The first-order valence-corrected chi connectivity index (χ1v) is 11.4. The lowest BCUT2D eigenvalue weighted by Crippen LogP contribution is -2.33. The number of hydrogen-bond acceptors (Lipinski definition) is 3. The fourth-order valence-electron chi connectivity index (χ4n) is 3.18. The Labute approximate surface area is 151 Å². The predicted molar refractivity (Wildman–Crippen MR) is 106 cm³/mol. The van der Waals surface area contributed by atoms with Crippen molar-refractivity contribution in [2.45, 2.75) is 82.3 Å². The van der Waals surface area contributed by atoms with Gasteiger partial charge < -0.3 is 4.57 Å². The van der Waals surface area contributed by atoms with Gasteiger partial charge in [-0.2, -0.15) is 0 Å². The third-order valence-electron chi connectivity index (χ3n) is 4.66. The van der Waals surface area contributed by atoms with E-state index in [2.05, 4.69) is 53.1 Å². The maximum absolute atomic E-state index is 4.22. The summed E-state index contributed by atoms with van der Waals surface area (Å²) in [4.78, 5) is 4.22. The number of thioether (sulfide) groups is 2. The minimum atomic E-state index is 0.384. The molecule has 0 atom stereocenters. The van der Waals surface area contributed by atoms with E-state index in [1.807, 2.05) is 12.5 Å². The molecule has 0 bridgehead atoms. The van der Waals surface area contributed by atoms with E-state index in [9.17, 15) is 0 Å². The van der Waals surface area contributed by atoms with Gasteiger partial charge in [0.25, 0.3) is 0 Å². The van der Waals surface area contributed by atoms with Gasteiger partial charge in [-0.15, -0.1) is 23.5 Å². The molecule has 2 nitrogen and oxygen atoms in total. The summed E-state index contributed by atoms with van der Waals surface area (Å²) >= 11 is 4.41. The van der Waals surface area contributed by atoms with Crippen molar-refractivity contribution in [3.63, 3.8) is 0 Å². The molecule has 4 heteroatoms. The van der Waals surface area contributed by atoms with Crippen LogP contribution >= 0.6 is 23.5 Å². The van der Waals surface area contributed by atoms with E-state index in [4.69, 9.17) is 0 Å². The zero-order valence-electron chi connectivity index (χ0n) is 15.0. The van der Waals surface area contributed by atoms with Crippen LogP contribution in [0.3, 0.4) is 0 Å². The molecule has 1 aromatic rings. The molecule has 0 radical (unpaired) electrons. The Bertz CT molecular complexity index is 398. The molecule has 0 aromatic carbocycles. The summed E-state index contributed by atoms with van der Waals surface area (Å²) in [5.74, 6) is 3.50. The maximum Gasteiger partial charge on any atom is 0.0946 e. The molecule has 0 saturated carbocycles. The van der Waals surface area contributed by atoms with E-state index in [1.165, 1.54) is 69.3 Å². The van der Waals surface area contributed by atoms with Gasteiger partial charge in [-0.05, 0) is 23.8 Å². The summed E-state index contributed by atoms with van der Waals surface area (Å²) in [6.45, 7) is 5.79. The van der Waals surface area contributed by atoms with Crippen LogP contribution in [0.15, 0.2) is 18.7 Å². The molecule has 2 rings (SSSR count). The largest absolute Gasteiger partial charge is 0.335 e. The first-order chi connectivity index (χ1) is 11.2. The highest BCUT2D eigenvalue weighted by molar-refractivity contribution is 8.18. The van der Waals surface area contributed by atoms with E-state index in [0.717, 1.165) is 12.5 Å². The normalized spacial score (nSPS) is 24.9. The van der Waals surface area contributed by atoms with Gasteiger partial charge in [0, 0.05) is 18.9 Å². The van der Waals surface area contributed by atoms with E-state index in [1.54, 1.807) is 0 Å². The predicted octanol–water partition coefficient (Wildman–Crippen LogP) is 6.23. The van der Waals surface area contributed by atoms with Crippen molar-refractivity contribution in [1.82, 2.24) is 9.55 Å². The molecule has 2 heterocycles. The molecule has 0 N–H and O–H groups in total. The van der Waals surface area contributed by atoms with Crippen molar-refractivity contribution < 1.29 is 0 Å². The van der Waals surface area contributed by atoms with E-state index < -0.39 is 0 Å². The first-order valence-electron chi connectivity index (χ1n) is 9.48. The Hall–Kier alpha value is -0.0900. The molecular formula is C19H34N2S2. The summed E-state index contributed by atoms with van der Waals surface area (Å²) in [5, 5.41) is 0. The van der Waals surface area contributed by atoms with Crippen LogP contribution < -0.4 is 0 Å². The van der Waals surface area contributed by atoms with Gasteiger partial charge in [-0.1, -0.05) is 65.2 Å². The minimum absolute atomic E-state index is 0.384. The molecule has 1 saturated heterocycles. The lowest BCUT2D eigenvalue weighted by molar-refractivity contribution is 0.520. The van der Waals surface area contributed by atoms with Crippen LogP contribution in [0.2, 0.25) is 0 Å². The van der Waals surface area contributed by atoms with Crippen molar-refractivity contribution in [1.29, 1.82) is 0 Å². The molecule has 23 heavy (non-hydrogen) atoms. The Morgan fingerprint density at radius 1 is 1.04 bits per heavy atom. The van der Waals surface area contributed by atoms with Crippen molar-refractivity contribution in [2.24, 2.45) is 5.92 Å². The van der Waals surface area contributed by atoms with Crippen LogP contribution in [0.4, 0.5) is 0 Å². The molecular weight excluding hydrogens is 320 g/mol. The minimum Gasteiger partial charge on any atom is -0.335 e. The van der Waals surface area contributed by atoms with Gasteiger partial charge in [-0.25, -0.2) is 4.98 Å². The molecule has 1 aliphatic heterocycles. The average Bonchev–Trinajstić information content (AvgIpc) is 3.06. The summed E-state index contributed by atoms with van der Waals surface area (Å²) in [6.07, 6.45) is 18.7. The third-order valence-corrected chi connectivity index (χ3v) is 8.55. The second-order valence-electron chi connectivity index (χ2n) is 7.10. The van der Waals surface area contributed by atoms with Gasteiger partial charge in [0.05, 0.1) is 10.4 Å². The average molecular weight is 355 g/mol. The lowest BCUT2D eigenvalue weighted by Gasteiger charge is -2.38. The van der Waals surface area contributed by atoms with Gasteiger partial charge in [-0.3, -0.25) is 0 Å². The molecule has 132 valence electrons. The maximum atomic E-state index is 4.22. The topological polar surface area (TPSA) is 17.8 Å². The second kappa shape index (κ2) is 10.7. The Balaban J connectivity index is 1.70. The highest BCUT2D eigenvalue weighted by Crippen LogP contribution is 2.48. The van der Waals surface area contributed by atoms with Crippen LogP contribution in [-0.4, -0.2) is 25.1 Å². The first kappa shape index (κ1) is 19.2. The number of unbranched alkanes of at least 4 members (excludes halogenated alkanes) is 7. The SMILES string of the molecule is CCCCCCCCCCC1(Cn2ccnc2)SCC(C)CS1.